The molecule has 1 atom stereocenters. The van der Waals surface area contributed by atoms with E-state index in [2.05, 4.69) is 22.4 Å². The first-order valence-corrected chi connectivity index (χ1v) is 9.81. The zero-order valence-corrected chi connectivity index (χ0v) is 16.4. The van der Waals surface area contributed by atoms with Crippen molar-refractivity contribution in [1.82, 2.24) is 15.2 Å². The highest BCUT2D eigenvalue weighted by atomic mass is 35.5. The average molecular weight is 396 g/mol. The summed E-state index contributed by atoms with van der Waals surface area (Å²) in [6, 6.07) is 15.7. The van der Waals surface area contributed by atoms with Gasteiger partial charge in [0.2, 0.25) is 11.8 Å². The van der Waals surface area contributed by atoms with Gasteiger partial charge in [-0.05, 0) is 35.7 Å². The van der Waals surface area contributed by atoms with Gasteiger partial charge in [0, 0.05) is 48.1 Å². The number of nitrogens with one attached hydrogen (secondary N) is 2. The van der Waals surface area contributed by atoms with Crippen molar-refractivity contribution in [2.45, 2.75) is 25.8 Å². The number of carbonyl (C=O) groups excluding carboxylic acids is 2. The molecule has 5 nitrogen and oxygen atoms in total. The second-order valence-corrected chi connectivity index (χ2v) is 7.53. The Kier molecular flexibility index (Phi) is 5.09. The standard InChI is InChI=1S/C22H22ClN3O2/c1-14(27)24-11-9-20(28)26-12-10-18-17-7-2-3-8-19(17)25-21(18)22(26)15-5-4-6-16(23)13-15/h2-8,13,22,25H,9-12H2,1H3,(H,24,27)/t22-/m1/s1. The number of aromatic nitrogens is 1. The first-order chi connectivity index (χ1) is 13.5. The summed E-state index contributed by atoms with van der Waals surface area (Å²) in [4.78, 5) is 29.6. The molecule has 28 heavy (non-hydrogen) atoms. The maximum atomic E-state index is 13.0. The summed E-state index contributed by atoms with van der Waals surface area (Å²) >= 11 is 6.25. The van der Waals surface area contributed by atoms with Gasteiger partial charge in [0.15, 0.2) is 0 Å². The van der Waals surface area contributed by atoms with Crippen molar-refractivity contribution in [3.8, 4) is 0 Å². The predicted molar refractivity (Wildman–Crippen MR) is 110 cm³/mol. The lowest BCUT2D eigenvalue weighted by Crippen LogP contribution is -2.41. The molecular formula is C22H22ClN3O2. The summed E-state index contributed by atoms with van der Waals surface area (Å²) < 4.78 is 0. The fourth-order valence-electron chi connectivity index (χ4n) is 4.02. The summed E-state index contributed by atoms with van der Waals surface area (Å²) in [6.45, 7) is 2.42. The van der Waals surface area contributed by atoms with Gasteiger partial charge in [-0.1, -0.05) is 41.9 Å². The molecule has 1 aliphatic heterocycles. The van der Waals surface area contributed by atoms with E-state index in [9.17, 15) is 9.59 Å². The molecule has 0 aliphatic carbocycles. The smallest absolute Gasteiger partial charge is 0.225 e. The molecule has 4 rings (SSSR count). The second kappa shape index (κ2) is 7.68. The highest BCUT2D eigenvalue weighted by Crippen LogP contribution is 2.39. The number of nitrogens with zero attached hydrogens (tertiary/aromatic N) is 1. The van der Waals surface area contributed by atoms with Crippen molar-refractivity contribution in [3.05, 3.63) is 70.4 Å². The number of amides is 2. The number of hydrogen-bond donors (Lipinski definition) is 2. The van der Waals surface area contributed by atoms with Crippen molar-refractivity contribution in [2.75, 3.05) is 13.1 Å². The Morgan fingerprint density at radius 1 is 1.21 bits per heavy atom. The number of hydrogen-bond acceptors (Lipinski definition) is 2. The summed E-state index contributed by atoms with van der Waals surface area (Å²) in [7, 11) is 0. The third kappa shape index (κ3) is 3.50. The molecule has 1 aromatic heterocycles. The minimum absolute atomic E-state index is 0.0167. The molecule has 0 spiro atoms. The minimum atomic E-state index is -0.223. The number of aromatic amines is 1. The van der Waals surface area contributed by atoms with E-state index in [-0.39, 0.29) is 24.3 Å². The van der Waals surface area contributed by atoms with E-state index in [1.165, 1.54) is 17.9 Å². The molecule has 2 heterocycles. The van der Waals surface area contributed by atoms with Gasteiger partial charge in [0.05, 0.1) is 6.04 Å². The van der Waals surface area contributed by atoms with Crippen LogP contribution < -0.4 is 5.32 Å². The van der Waals surface area contributed by atoms with Gasteiger partial charge in [0.1, 0.15) is 0 Å². The Balaban J connectivity index is 1.74. The second-order valence-electron chi connectivity index (χ2n) is 7.09. The summed E-state index contributed by atoms with van der Waals surface area (Å²) in [5.41, 5.74) is 4.36. The van der Waals surface area contributed by atoms with E-state index >= 15 is 0 Å². The zero-order chi connectivity index (χ0) is 19.7. The van der Waals surface area contributed by atoms with Crippen LogP contribution in [0.25, 0.3) is 10.9 Å². The fraction of sp³-hybridized carbons (Fsp3) is 0.273. The van der Waals surface area contributed by atoms with E-state index in [1.54, 1.807) is 0 Å². The molecule has 0 bridgehead atoms. The monoisotopic (exact) mass is 395 g/mol. The SMILES string of the molecule is CC(=O)NCCC(=O)N1CCc2c([nH]c3ccccc23)[C@H]1c1cccc(Cl)c1. The number of halogens is 1. The van der Waals surface area contributed by atoms with Crippen LogP contribution in [-0.4, -0.2) is 34.8 Å². The van der Waals surface area contributed by atoms with Crippen molar-refractivity contribution in [3.63, 3.8) is 0 Å². The van der Waals surface area contributed by atoms with Gasteiger partial charge in [0.25, 0.3) is 0 Å². The van der Waals surface area contributed by atoms with Crippen LogP contribution in [0.2, 0.25) is 5.02 Å². The largest absolute Gasteiger partial charge is 0.356 e. The van der Waals surface area contributed by atoms with E-state index in [4.69, 9.17) is 11.6 Å². The molecule has 0 saturated heterocycles. The van der Waals surface area contributed by atoms with E-state index in [0.29, 0.717) is 18.1 Å². The first kappa shape index (κ1) is 18.6. The number of para-hydroxylation sites is 1. The summed E-state index contributed by atoms with van der Waals surface area (Å²) in [5.74, 6) is -0.112. The number of benzene rings is 2. The third-order valence-electron chi connectivity index (χ3n) is 5.23. The quantitative estimate of drug-likeness (QED) is 0.705. The lowest BCUT2D eigenvalue weighted by atomic mass is 9.92. The summed E-state index contributed by atoms with van der Waals surface area (Å²) in [6.07, 6.45) is 1.06. The highest BCUT2D eigenvalue weighted by molar-refractivity contribution is 6.30. The Bertz CT molecular complexity index is 1040. The molecule has 1 aliphatic rings. The molecule has 2 N–H and O–H groups in total. The lowest BCUT2D eigenvalue weighted by molar-refractivity contribution is -0.133. The van der Waals surface area contributed by atoms with Crippen molar-refractivity contribution < 1.29 is 9.59 Å². The Hall–Kier alpha value is -2.79. The maximum Gasteiger partial charge on any atom is 0.225 e. The topological polar surface area (TPSA) is 65.2 Å². The molecule has 3 aromatic rings. The van der Waals surface area contributed by atoms with Gasteiger partial charge >= 0.3 is 0 Å². The van der Waals surface area contributed by atoms with Crippen LogP contribution in [0.3, 0.4) is 0 Å². The van der Waals surface area contributed by atoms with Crippen LogP contribution in [0.1, 0.15) is 36.2 Å². The normalized spacial score (nSPS) is 16.1. The Labute approximate surface area is 168 Å². The van der Waals surface area contributed by atoms with Gasteiger partial charge in [-0.3, -0.25) is 9.59 Å². The first-order valence-electron chi connectivity index (χ1n) is 9.43. The van der Waals surface area contributed by atoms with Crippen LogP contribution >= 0.6 is 11.6 Å². The van der Waals surface area contributed by atoms with Crippen molar-refractivity contribution in [2.24, 2.45) is 0 Å². The Morgan fingerprint density at radius 3 is 2.82 bits per heavy atom. The van der Waals surface area contributed by atoms with Crippen LogP contribution in [0.15, 0.2) is 48.5 Å². The molecule has 0 saturated carbocycles. The third-order valence-corrected chi connectivity index (χ3v) is 5.47. The Morgan fingerprint density at radius 2 is 2.04 bits per heavy atom. The average Bonchev–Trinajstić information content (AvgIpc) is 3.05. The number of H-pyrrole nitrogens is 1. The van der Waals surface area contributed by atoms with Gasteiger partial charge in [-0.2, -0.15) is 0 Å². The molecular weight excluding hydrogens is 374 g/mol. The van der Waals surface area contributed by atoms with E-state index in [0.717, 1.165) is 23.2 Å². The molecule has 0 fully saturated rings. The number of fused-ring (bicyclic) bond motifs is 3. The van der Waals surface area contributed by atoms with Gasteiger partial charge in [-0.15, -0.1) is 0 Å². The minimum Gasteiger partial charge on any atom is -0.356 e. The molecule has 2 aromatic carbocycles. The van der Waals surface area contributed by atoms with E-state index in [1.807, 2.05) is 41.3 Å². The van der Waals surface area contributed by atoms with Crippen LogP contribution in [-0.2, 0) is 16.0 Å². The summed E-state index contributed by atoms with van der Waals surface area (Å²) in [5, 5.41) is 4.55. The number of carbonyl (C=O) groups is 2. The zero-order valence-electron chi connectivity index (χ0n) is 15.7. The molecule has 0 radical (unpaired) electrons. The number of rotatable bonds is 4. The highest BCUT2D eigenvalue weighted by Gasteiger charge is 2.34. The molecule has 6 heteroatoms. The van der Waals surface area contributed by atoms with Crippen LogP contribution in [0.5, 0.6) is 0 Å². The van der Waals surface area contributed by atoms with Gasteiger partial charge < -0.3 is 15.2 Å². The van der Waals surface area contributed by atoms with Gasteiger partial charge in [-0.25, -0.2) is 0 Å². The molecule has 144 valence electrons. The molecule has 2 amide bonds. The van der Waals surface area contributed by atoms with Crippen LogP contribution in [0, 0.1) is 0 Å². The maximum absolute atomic E-state index is 13.0. The fourth-order valence-corrected chi connectivity index (χ4v) is 4.22. The van der Waals surface area contributed by atoms with Crippen LogP contribution in [0.4, 0.5) is 0 Å². The van der Waals surface area contributed by atoms with Crippen molar-refractivity contribution >= 4 is 34.3 Å². The predicted octanol–water partition coefficient (Wildman–Crippen LogP) is 3.82. The molecule has 0 unspecified atom stereocenters. The van der Waals surface area contributed by atoms with Crippen molar-refractivity contribution in [1.29, 1.82) is 0 Å². The lowest BCUT2D eigenvalue weighted by Gasteiger charge is -2.36. The van der Waals surface area contributed by atoms with E-state index < -0.39 is 0 Å².